The van der Waals surface area contributed by atoms with Crippen LogP contribution < -0.4 is 10.6 Å². The van der Waals surface area contributed by atoms with Gasteiger partial charge in [0.2, 0.25) is 0 Å². The Morgan fingerprint density at radius 1 is 1.53 bits per heavy atom. The van der Waals surface area contributed by atoms with Gasteiger partial charge < -0.3 is 15.7 Å². The van der Waals surface area contributed by atoms with Crippen LogP contribution in [0, 0.1) is 0 Å². The van der Waals surface area contributed by atoms with Crippen LogP contribution in [0.15, 0.2) is 18.3 Å². The first-order valence-electron chi connectivity index (χ1n) is 5.47. The molecule has 3 N–H and O–H groups in total. The van der Waals surface area contributed by atoms with Crippen molar-refractivity contribution in [3.05, 3.63) is 18.3 Å². The third-order valence-electron chi connectivity index (χ3n) is 2.71. The molecule has 1 aliphatic heterocycles. The fraction of sp³-hybridized carbons (Fsp3) is 0.545. The van der Waals surface area contributed by atoms with E-state index in [4.69, 9.17) is 0 Å². The largest absolute Gasteiger partial charge is 0.504 e. The first-order chi connectivity index (χ1) is 7.36. The molecular weight excluding hydrogens is 190 g/mol. The second-order valence-corrected chi connectivity index (χ2v) is 3.90. The Morgan fingerprint density at radius 2 is 2.47 bits per heavy atom. The molecule has 0 aliphatic carbocycles. The van der Waals surface area contributed by atoms with Crippen LogP contribution in [0.1, 0.15) is 19.3 Å². The number of hydrogen-bond donors (Lipinski definition) is 3. The fourth-order valence-electron chi connectivity index (χ4n) is 1.85. The standard InChI is InChI=1S/C11H17N3O/c15-10-5-3-7-13-11(10)14-8-9-4-1-2-6-12-9/h3,5,7,9,12,15H,1-2,4,6,8H2,(H,13,14)/t9-/m1/s1. The molecule has 0 bridgehead atoms. The summed E-state index contributed by atoms with van der Waals surface area (Å²) in [5.41, 5.74) is 0. The van der Waals surface area contributed by atoms with E-state index in [2.05, 4.69) is 15.6 Å². The lowest BCUT2D eigenvalue weighted by molar-refractivity contribution is 0.413. The summed E-state index contributed by atoms with van der Waals surface area (Å²) in [7, 11) is 0. The van der Waals surface area contributed by atoms with Crippen molar-refractivity contribution in [2.45, 2.75) is 25.3 Å². The Hall–Kier alpha value is -1.29. The maximum absolute atomic E-state index is 9.49. The monoisotopic (exact) mass is 207 g/mol. The molecule has 1 aromatic rings. The van der Waals surface area contributed by atoms with Gasteiger partial charge in [-0.25, -0.2) is 4.98 Å². The summed E-state index contributed by atoms with van der Waals surface area (Å²) in [5.74, 6) is 0.790. The Bertz CT molecular complexity index is 310. The average Bonchev–Trinajstić information content (AvgIpc) is 2.29. The second kappa shape index (κ2) is 4.98. The topological polar surface area (TPSA) is 57.2 Å². The first-order valence-corrected chi connectivity index (χ1v) is 5.47. The van der Waals surface area contributed by atoms with Gasteiger partial charge in [-0.05, 0) is 31.5 Å². The Labute approximate surface area is 89.7 Å². The van der Waals surface area contributed by atoms with Crippen molar-refractivity contribution in [2.75, 3.05) is 18.4 Å². The highest BCUT2D eigenvalue weighted by molar-refractivity contribution is 5.48. The predicted octanol–water partition coefficient (Wildman–Crippen LogP) is 1.34. The number of hydrogen-bond acceptors (Lipinski definition) is 4. The number of nitrogens with zero attached hydrogens (tertiary/aromatic N) is 1. The molecule has 1 atom stereocenters. The molecule has 15 heavy (non-hydrogen) atoms. The van der Waals surface area contributed by atoms with Crippen LogP contribution in [-0.2, 0) is 0 Å². The van der Waals surface area contributed by atoms with Gasteiger partial charge in [-0.15, -0.1) is 0 Å². The number of piperidine rings is 1. The summed E-state index contributed by atoms with van der Waals surface area (Å²) in [6, 6.07) is 3.86. The molecule has 4 heteroatoms. The molecule has 1 aliphatic rings. The molecule has 0 radical (unpaired) electrons. The number of anilines is 1. The van der Waals surface area contributed by atoms with E-state index in [-0.39, 0.29) is 5.75 Å². The summed E-state index contributed by atoms with van der Waals surface area (Å²) < 4.78 is 0. The number of pyridine rings is 1. The zero-order valence-electron chi connectivity index (χ0n) is 8.74. The zero-order valence-corrected chi connectivity index (χ0v) is 8.74. The summed E-state index contributed by atoms with van der Waals surface area (Å²) in [5, 5.41) is 16.1. The predicted molar refractivity (Wildman–Crippen MR) is 60.0 cm³/mol. The van der Waals surface area contributed by atoms with Gasteiger partial charge in [-0.2, -0.15) is 0 Å². The normalized spacial score (nSPS) is 21.2. The maximum atomic E-state index is 9.49. The van der Waals surface area contributed by atoms with Gasteiger partial charge in [0.05, 0.1) is 0 Å². The van der Waals surface area contributed by atoms with Gasteiger partial charge in [-0.1, -0.05) is 6.42 Å². The highest BCUT2D eigenvalue weighted by Gasteiger charge is 2.12. The van der Waals surface area contributed by atoms with E-state index in [0.717, 1.165) is 13.1 Å². The molecular formula is C11H17N3O. The van der Waals surface area contributed by atoms with Crippen LogP contribution in [0.3, 0.4) is 0 Å². The molecule has 82 valence electrons. The minimum absolute atomic E-state index is 0.216. The highest BCUT2D eigenvalue weighted by Crippen LogP contribution is 2.18. The molecule has 0 unspecified atom stereocenters. The molecule has 0 amide bonds. The number of aromatic nitrogens is 1. The van der Waals surface area contributed by atoms with Gasteiger partial charge in [-0.3, -0.25) is 0 Å². The minimum Gasteiger partial charge on any atom is -0.504 e. The van der Waals surface area contributed by atoms with Gasteiger partial charge in [0.15, 0.2) is 11.6 Å². The SMILES string of the molecule is Oc1cccnc1NC[C@H]1CCCCN1. The second-order valence-electron chi connectivity index (χ2n) is 3.90. The van der Waals surface area contributed by atoms with Crippen molar-refractivity contribution in [2.24, 2.45) is 0 Å². The van der Waals surface area contributed by atoms with Gasteiger partial charge in [0, 0.05) is 18.8 Å². The van der Waals surface area contributed by atoms with E-state index < -0.39 is 0 Å². The number of rotatable bonds is 3. The molecule has 0 aromatic carbocycles. The molecule has 2 heterocycles. The van der Waals surface area contributed by atoms with E-state index in [0.29, 0.717) is 11.9 Å². The molecule has 4 nitrogen and oxygen atoms in total. The van der Waals surface area contributed by atoms with Crippen molar-refractivity contribution in [3.8, 4) is 5.75 Å². The van der Waals surface area contributed by atoms with Crippen molar-refractivity contribution < 1.29 is 5.11 Å². The van der Waals surface area contributed by atoms with Crippen LogP contribution in [0.25, 0.3) is 0 Å². The summed E-state index contributed by atoms with van der Waals surface area (Å²) >= 11 is 0. The van der Waals surface area contributed by atoms with Crippen molar-refractivity contribution >= 4 is 5.82 Å². The lowest BCUT2D eigenvalue weighted by Gasteiger charge is -2.23. The fourth-order valence-corrected chi connectivity index (χ4v) is 1.85. The highest BCUT2D eigenvalue weighted by atomic mass is 16.3. The van der Waals surface area contributed by atoms with Crippen LogP contribution in [0.4, 0.5) is 5.82 Å². The van der Waals surface area contributed by atoms with E-state index in [1.165, 1.54) is 19.3 Å². The molecule has 0 saturated carbocycles. The maximum Gasteiger partial charge on any atom is 0.168 e. The Morgan fingerprint density at radius 3 is 3.20 bits per heavy atom. The molecule has 1 fully saturated rings. The Kier molecular flexibility index (Phi) is 3.40. The van der Waals surface area contributed by atoms with E-state index in [9.17, 15) is 5.11 Å². The van der Waals surface area contributed by atoms with Gasteiger partial charge >= 0.3 is 0 Å². The quantitative estimate of drug-likeness (QED) is 0.700. The number of aromatic hydroxyl groups is 1. The van der Waals surface area contributed by atoms with Gasteiger partial charge in [0.25, 0.3) is 0 Å². The summed E-state index contributed by atoms with van der Waals surface area (Å²) in [6.07, 6.45) is 5.43. The molecule has 0 spiro atoms. The molecule has 2 rings (SSSR count). The molecule has 1 aromatic heterocycles. The van der Waals surface area contributed by atoms with Crippen LogP contribution in [-0.4, -0.2) is 29.2 Å². The third kappa shape index (κ3) is 2.83. The zero-order chi connectivity index (χ0) is 10.5. The van der Waals surface area contributed by atoms with Gasteiger partial charge in [0.1, 0.15) is 0 Å². The lowest BCUT2D eigenvalue weighted by atomic mass is 10.1. The Balaban J connectivity index is 1.84. The van der Waals surface area contributed by atoms with Crippen molar-refractivity contribution in [3.63, 3.8) is 0 Å². The van der Waals surface area contributed by atoms with E-state index in [1.807, 2.05) is 0 Å². The van der Waals surface area contributed by atoms with Crippen LogP contribution in [0.2, 0.25) is 0 Å². The smallest absolute Gasteiger partial charge is 0.168 e. The first kappa shape index (κ1) is 10.2. The minimum atomic E-state index is 0.216. The average molecular weight is 207 g/mol. The van der Waals surface area contributed by atoms with E-state index in [1.54, 1.807) is 18.3 Å². The summed E-state index contributed by atoms with van der Waals surface area (Å²) in [6.45, 7) is 1.92. The third-order valence-corrected chi connectivity index (χ3v) is 2.71. The van der Waals surface area contributed by atoms with Crippen molar-refractivity contribution in [1.29, 1.82) is 0 Å². The summed E-state index contributed by atoms with van der Waals surface area (Å²) in [4.78, 5) is 4.07. The number of nitrogens with one attached hydrogen (secondary N) is 2. The molecule has 1 saturated heterocycles. The van der Waals surface area contributed by atoms with Crippen molar-refractivity contribution in [1.82, 2.24) is 10.3 Å². The lowest BCUT2D eigenvalue weighted by Crippen LogP contribution is -2.39. The van der Waals surface area contributed by atoms with Crippen LogP contribution >= 0.6 is 0 Å². The van der Waals surface area contributed by atoms with E-state index >= 15 is 0 Å². The van der Waals surface area contributed by atoms with Crippen LogP contribution in [0.5, 0.6) is 5.75 Å².